The second-order valence-electron chi connectivity index (χ2n) is 14.0. The van der Waals surface area contributed by atoms with Crippen LogP contribution in [-0.2, 0) is 5.41 Å². The molecule has 0 saturated carbocycles. The SMILES string of the molecule is c1ccc(-c2ccc(N(c3ccccc3)c3cccc4c3-c3c(sc5ccccc35)C43c4ccccc4-c4ccccc43)cc2-c2ccccc2)cc1. The number of hydrogen-bond donors (Lipinski definition) is 0. The second-order valence-corrected chi connectivity index (χ2v) is 15.0. The van der Waals surface area contributed by atoms with Gasteiger partial charge in [0.15, 0.2) is 0 Å². The van der Waals surface area contributed by atoms with E-state index in [2.05, 4.69) is 205 Å². The average molecular weight is 692 g/mol. The molecule has 248 valence electrons. The highest BCUT2D eigenvalue weighted by atomic mass is 32.1. The summed E-state index contributed by atoms with van der Waals surface area (Å²) in [5, 5.41) is 1.32. The first-order valence-corrected chi connectivity index (χ1v) is 19.1. The van der Waals surface area contributed by atoms with Gasteiger partial charge >= 0.3 is 0 Å². The molecule has 0 aliphatic heterocycles. The van der Waals surface area contributed by atoms with Crippen molar-refractivity contribution in [1.29, 1.82) is 0 Å². The van der Waals surface area contributed by atoms with Crippen LogP contribution >= 0.6 is 11.3 Å². The van der Waals surface area contributed by atoms with E-state index >= 15 is 0 Å². The Balaban J connectivity index is 1.24. The van der Waals surface area contributed by atoms with E-state index in [1.165, 1.54) is 81.8 Å². The Morgan fingerprint density at radius 1 is 0.377 bits per heavy atom. The summed E-state index contributed by atoms with van der Waals surface area (Å²) >= 11 is 1.96. The number of para-hydroxylation sites is 1. The van der Waals surface area contributed by atoms with Crippen molar-refractivity contribution in [1.82, 2.24) is 0 Å². The van der Waals surface area contributed by atoms with E-state index in [4.69, 9.17) is 0 Å². The molecule has 2 aliphatic carbocycles. The van der Waals surface area contributed by atoms with Gasteiger partial charge in [0.05, 0.1) is 11.1 Å². The van der Waals surface area contributed by atoms with E-state index < -0.39 is 5.41 Å². The van der Waals surface area contributed by atoms with Crippen LogP contribution in [-0.4, -0.2) is 0 Å². The summed E-state index contributed by atoms with van der Waals surface area (Å²) in [7, 11) is 0. The molecule has 11 rings (SSSR count). The Bertz CT molecular complexity index is 2790. The molecule has 2 aliphatic rings. The van der Waals surface area contributed by atoms with Gasteiger partial charge in [0.1, 0.15) is 0 Å². The lowest BCUT2D eigenvalue weighted by molar-refractivity contribution is 0.811. The Kier molecular flexibility index (Phi) is 6.71. The lowest BCUT2D eigenvalue weighted by atomic mass is 9.74. The first-order chi connectivity index (χ1) is 26.3. The maximum atomic E-state index is 2.49. The highest BCUT2D eigenvalue weighted by Gasteiger charge is 2.54. The van der Waals surface area contributed by atoms with Crippen LogP contribution in [0.25, 0.3) is 54.6 Å². The lowest BCUT2D eigenvalue weighted by Crippen LogP contribution is -2.25. The van der Waals surface area contributed by atoms with Gasteiger partial charge < -0.3 is 4.90 Å². The maximum Gasteiger partial charge on any atom is 0.0820 e. The zero-order valence-corrected chi connectivity index (χ0v) is 29.7. The molecule has 0 unspecified atom stereocenters. The van der Waals surface area contributed by atoms with Crippen LogP contribution in [0.1, 0.15) is 21.6 Å². The predicted octanol–water partition coefficient (Wildman–Crippen LogP) is 14.0. The number of benzene rings is 8. The summed E-state index contributed by atoms with van der Waals surface area (Å²) in [6, 6.07) is 73.7. The lowest BCUT2D eigenvalue weighted by Gasteiger charge is -2.31. The van der Waals surface area contributed by atoms with Crippen LogP contribution in [0.15, 0.2) is 200 Å². The molecule has 0 radical (unpaired) electrons. The summed E-state index contributed by atoms with van der Waals surface area (Å²) in [5.41, 5.74) is 17.3. The monoisotopic (exact) mass is 691 g/mol. The van der Waals surface area contributed by atoms with Gasteiger partial charge in [-0.15, -0.1) is 11.3 Å². The first-order valence-electron chi connectivity index (χ1n) is 18.3. The molecule has 1 spiro atoms. The maximum absolute atomic E-state index is 2.49. The molecule has 0 atom stereocenters. The molecule has 8 aromatic carbocycles. The smallest absolute Gasteiger partial charge is 0.0820 e. The van der Waals surface area contributed by atoms with Crippen LogP contribution in [0.2, 0.25) is 0 Å². The van der Waals surface area contributed by atoms with Crippen LogP contribution < -0.4 is 4.90 Å². The van der Waals surface area contributed by atoms with Gasteiger partial charge in [-0.3, -0.25) is 0 Å². The second kappa shape index (κ2) is 11.8. The summed E-state index contributed by atoms with van der Waals surface area (Å²) < 4.78 is 1.32. The Labute approximate surface area is 313 Å². The van der Waals surface area contributed by atoms with Crippen molar-refractivity contribution >= 4 is 38.5 Å². The fraction of sp³-hybridized carbons (Fsp3) is 0.0196. The van der Waals surface area contributed by atoms with Crippen molar-refractivity contribution in [2.75, 3.05) is 4.90 Å². The number of thiophene rings is 1. The molecule has 1 nitrogen and oxygen atoms in total. The molecule has 2 heteroatoms. The quantitative estimate of drug-likeness (QED) is 0.174. The number of fused-ring (bicyclic) bond motifs is 12. The number of nitrogens with zero attached hydrogens (tertiary/aromatic N) is 1. The third-order valence-corrected chi connectivity index (χ3v) is 12.6. The van der Waals surface area contributed by atoms with Gasteiger partial charge in [-0.25, -0.2) is 0 Å². The van der Waals surface area contributed by atoms with E-state index in [-0.39, 0.29) is 0 Å². The summed E-state index contributed by atoms with van der Waals surface area (Å²) in [5.74, 6) is 0. The summed E-state index contributed by atoms with van der Waals surface area (Å²) in [4.78, 5) is 3.90. The minimum absolute atomic E-state index is 0.410. The fourth-order valence-electron chi connectivity index (χ4n) is 9.15. The zero-order chi connectivity index (χ0) is 34.9. The van der Waals surface area contributed by atoms with E-state index in [1.54, 1.807) is 0 Å². The third kappa shape index (κ3) is 4.30. The van der Waals surface area contributed by atoms with Gasteiger partial charge in [-0.05, 0) is 86.5 Å². The number of hydrogen-bond acceptors (Lipinski definition) is 2. The van der Waals surface area contributed by atoms with Crippen molar-refractivity contribution in [3.8, 4) is 44.5 Å². The normalized spacial score (nSPS) is 13.1. The molecule has 0 amide bonds. The molecular weight excluding hydrogens is 659 g/mol. The molecule has 53 heavy (non-hydrogen) atoms. The fourth-order valence-corrected chi connectivity index (χ4v) is 10.6. The van der Waals surface area contributed by atoms with Crippen LogP contribution in [0.5, 0.6) is 0 Å². The first kappa shape index (κ1) is 30.2. The van der Waals surface area contributed by atoms with Gasteiger partial charge in [0.2, 0.25) is 0 Å². The van der Waals surface area contributed by atoms with Crippen LogP contribution in [0, 0.1) is 0 Å². The van der Waals surface area contributed by atoms with Gasteiger partial charge in [0, 0.05) is 37.5 Å². The van der Waals surface area contributed by atoms with Crippen molar-refractivity contribution in [3.63, 3.8) is 0 Å². The molecule has 9 aromatic rings. The van der Waals surface area contributed by atoms with Crippen LogP contribution in [0.4, 0.5) is 17.1 Å². The van der Waals surface area contributed by atoms with E-state index in [0.29, 0.717) is 0 Å². The van der Waals surface area contributed by atoms with Crippen molar-refractivity contribution in [2.24, 2.45) is 0 Å². The van der Waals surface area contributed by atoms with Crippen molar-refractivity contribution in [2.45, 2.75) is 5.41 Å². The summed E-state index contributed by atoms with van der Waals surface area (Å²) in [6.45, 7) is 0. The minimum Gasteiger partial charge on any atom is -0.310 e. The molecular formula is C51H33NS. The Morgan fingerprint density at radius 3 is 1.64 bits per heavy atom. The highest BCUT2D eigenvalue weighted by molar-refractivity contribution is 7.20. The zero-order valence-electron chi connectivity index (χ0n) is 28.9. The van der Waals surface area contributed by atoms with E-state index in [9.17, 15) is 0 Å². The predicted molar refractivity (Wildman–Crippen MR) is 224 cm³/mol. The number of anilines is 3. The summed E-state index contributed by atoms with van der Waals surface area (Å²) in [6.07, 6.45) is 0. The average Bonchev–Trinajstić information content (AvgIpc) is 3.86. The Morgan fingerprint density at radius 2 is 0.943 bits per heavy atom. The van der Waals surface area contributed by atoms with Gasteiger partial charge in [-0.1, -0.05) is 164 Å². The Hall–Kier alpha value is -6.48. The van der Waals surface area contributed by atoms with Gasteiger partial charge in [-0.2, -0.15) is 0 Å². The highest BCUT2D eigenvalue weighted by Crippen LogP contribution is 2.67. The minimum atomic E-state index is -0.410. The largest absolute Gasteiger partial charge is 0.310 e. The van der Waals surface area contributed by atoms with Crippen molar-refractivity contribution < 1.29 is 0 Å². The topological polar surface area (TPSA) is 3.24 Å². The molecule has 0 fully saturated rings. The molecule has 1 heterocycles. The van der Waals surface area contributed by atoms with Crippen LogP contribution in [0.3, 0.4) is 0 Å². The molecule has 1 aromatic heterocycles. The molecule has 0 saturated heterocycles. The standard InChI is InChI=1S/C51H33NS/c1-4-17-34(18-5-1)38-32-31-37(33-42(38)35-19-6-2-7-20-35)52(36-21-8-3-9-22-36)46-29-16-28-45-49(46)48-41-25-12-15-30-47(41)53-50(48)51(45)43-26-13-10-23-39(43)40-24-11-14-27-44(40)51/h1-33H. The van der Waals surface area contributed by atoms with Gasteiger partial charge in [0.25, 0.3) is 0 Å². The number of rotatable bonds is 5. The van der Waals surface area contributed by atoms with E-state index in [1.807, 2.05) is 11.3 Å². The molecule has 0 bridgehead atoms. The van der Waals surface area contributed by atoms with Crippen molar-refractivity contribution in [3.05, 3.63) is 222 Å². The third-order valence-electron chi connectivity index (χ3n) is 11.3. The molecule has 0 N–H and O–H groups in total. The van der Waals surface area contributed by atoms with E-state index in [0.717, 1.165) is 11.4 Å².